The van der Waals surface area contributed by atoms with Crippen molar-refractivity contribution in [3.8, 4) is 0 Å². The van der Waals surface area contributed by atoms with Crippen LogP contribution in [0.15, 0.2) is 42.6 Å². The molecule has 0 radical (unpaired) electrons. The van der Waals surface area contributed by atoms with Gasteiger partial charge in [-0.15, -0.1) is 12.4 Å². The van der Waals surface area contributed by atoms with Crippen molar-refractivity contribution in [2.24, 2.45) is 0 Å². The standard InChI is InChI=1S/C22H26N4O4S.ClH/c1-2-30-22(27)16-25-15-17(18-5-3-4-6-19(18)25)9-10-23-11-13-24(14-12-23)20-7-8-21(31-20)26(28)29;/h3-8,15H,2,9-14,16H2,1H3;1H. The summed E-state index contributed by atoms with van der Waals surface area (Å²) in [4.78, 5) is 27.2. The number of hydrogen-bond acceptors (Lipinski definition) is 7. The zero-order valence-corrected chi connectivity index (χ0v) is 19.6. The number of nitro groups is 1. The summed E-state index contributed by atoms with van der Waals surface area (Å²) in [7, 11) is 0. The van der Waals surface area contributed by atoms with E-state index in [9.17, 15) is 14.9 Å². The number of hydrogen-bond donors (Lipinski definition) is 0. The SMILES string of the molecule is CCOC(=O)Cn1cc(CCN2CCN(c3ccc([N+](=O)[O-])s3)CC2)c2ccccc21.Cl. The lowest BCUT2D eigenvalue weighted by Crippen LogP contribution is -2.46. The van der Waals surface area contributed by atoms with Gasteiger partial charge in [-0.25, -0.2) is 0 Å². The Labute approximate surface area is 196 Å². The number of thiophene rings is 1. The topological polar surface area (TPSA) is 80.8 Å². The molecule has 1 fully saturated rings. The molecule has 10 heteroatoms. The van der Waals surface area contributed by atoms with Gasteiger partial charge >= 0.3 is 11.0 Å². The van der Waals surface area contributed by atoms with Gasteiger partial charge in [0.1, 0.15) is 6.54 Å². The third kappa shape index (κ3) is 5.40. The van der Waals surface area contributed by atoms with Crippen molar-refractivity contribution < 1.29 is 14.5 Å². The summed E-state index contributed by atoms with van der Waals surface area (Å²) in [5.41, 5.74) is 2.28. The molecule has 32 heavy (non-hydrogen) atoms. The van der Waals surface area contributed by atoms with Crippen LogP contribution in [0.4, 0.5) is 10.0 Å². The maximum absolute atomic E-state index is 12.0. The van der Waals surface area contributed by atoms with Gasteiger partial charge in [0, 0.05) is 55.9 Å². The second kappa shape index (κ2) is 10.8. The van der Waals surface area contributed by atoms with Gasteiger partial charge in [-0.05, 0) is 42.4 Å². The molecule has 3 heterocycles. The zero-order chi connectivity index (χ0) is 21.8. The second-order valence-corrected chi connectivity index (χ2v) is 8.59. The summed E-state index contributed by atoms with van der Waals surface area (Å²) in [5, 5.41) is 13.3. The highest BCUT2D eigenvalue weighted by molar-refractivity contribution is 7.19. The molecule has 0 unspecified atom stereocenters. The van der Waals surface area contributed by atoms with Gasteiger partial charge in [0.15, 0.2) is 0 Å². The van der Waals surface area contributed by atoms with E-state index in [0.29, 0.717) is 6.61 Å². The molecule has 0 bridgehead atoms. The number of carbonyl (C=O) groups excluding carboxylic acids is 1. The lowest BCUT2D eigenvalue weighted by atomic mass is 10.1. The average molecular weight is 479 g/mol. The fourth-order valence-electron chi connectivity index (χ4n) is 4.05. The fourth-order valence-corrected chi connectivity index (χ4v) is 4.93. The number of rotatable bonds is 8. The van der Waals surface area contributed by atoms with Crippen LogP contribution in [-0.2, 0) is 22.5 Å². The van der Waals surface area contributed by atoms with Crippen LogP contribution in [0.3, 0.4) is 0 Å². The number of esters is 1. The van der Waals surface area contributed by atoms with Crippen LogP contribution in [0.1, 0.15) is 12.5 Å². The molecule has 1 aliphatic rings. The van der Waals surface area contributed by atoms with Gasteiger partial charge in [-0.2, -0.15) is 0 Å². The number of nitrogens with zero attached hydrogens (tertiary/aromatic N) is 4. The first kappa shape index (κ1) is 24.0. The number of aromatic nitrogens is 1. The molecule has 172 valence electrons. The van der Waals surface area contributed by atoms with Crippen LogP contribution in [0.5, 0.6) is 0 Å². The lowest BCUT2D eigenvalue weighted by Gasteiger charge is -2.35. The van der Waals surface area contributed by atoms with Crippen LogP contribution in [0.25, 0.3) is 10.9 Å². The molecule has 0 N–H and O–H groups in total. The molecule has 1 aromatic carbocycles. The first-order valence-electron chi connectivity index (χ1n) is 10.5. The lowest BCUT2D eigenvalue weighted by molar-refractivity contribution is -0.380. The van der Waals surface area contributed by atoms with Gasteiger partial charge in [0.25, 0.3) is 0 Å². The van der Waals surface area contributed by atoms with E-state index in [-0.39, 0.29) is 34.8 Å². The minimum absolute atomic E-state index is 0. The fraction of sp³-hybridized carbons (Fsp3) is 0.409. The minimum Gasteiger partial charge on any atom is -0.465 e. The van der Waals surface area contributed by atoms with Crippen molar-refractivity contribution in [3.05, 3.63) is 58.3 Å². The Balaban J connectivity index is 0.00000289. The first-order valence-corrected chi connectivity index (χ1v) is 11.3. The van der Waals surface area contributed by atoms with Crippen LogP contribution < -0.4 is 4.90 Å². The van der Waals surface area contributed by atoms with Crippen molar-refractivity contribution in [1.82, 2.24) is 9.47 Å². The Morgan fingerprint density at radius 3 is 2.59 bits per heavy atom. The number of piperazine rings is 1. The quantitative estimate of drug-likeness (QED) is 0.277. The van der Waals surface area contributed by atoms with Crippen LogP contribution in [0, 0.1) is 10.1 Å². The van der Waals surface area contributed by atoms with Crippen molar-refractivity contribution >= 4 is 50.6 Å². The van der Waals surface area contributed by atoms with Crippen molar-refractivity contribution in [1.29, 1.82) is 0 Å². The maximum atomic E-state index is 12.0. The Morgan fingerprint density at radius 1 is 1.16 bits per heavy atom. The summed E-state index contributed by atoms with van der Waals surface area (Å²) in [6, 6.07) is 11.6. The van der Waals surface area contributed by atoms with Crippen molar-refractivity contribution in [2.75, 3.05) is 44.2 Å². The van der Waals surface area contributed by atoms with Crippen LogP contribution >= 0.6 is 23.7 Å². The highest BCUT2D eigenvalue weighted by Gasteiger charge is 2.21. The molecule has 0 spiro atoms. The molecular weight excluding hydrogens is 452 g/mol. The predicted octanol–water partition coefficient (Wildman–Crippen LogP) is 3.96. The van der Waals surface area contributed by atoms with E-state index in [1.54, 1.807) is 6.07 Å². The molecule has 3 aromatic rings. The Morgan fingerprint density at radius 2 is 1.91 bits per heavy atom. The summed E-state index contributed by atoms with van der Waals surface area (Å²) < 4.78 is 7.09. The van der Waals surface area contributed by atoms with E-state index in [1.165, 1.54) is 22.3 Å². The largest absolute Gasteiger partial charge is 0.465 e. The maximum Gasteiger partial charge on any atom is 0.326 e. The molecule has 2 aromatic heterocycles. The number of anilines is 1. The molecule has 1 aliphatic heterocycles. The number of ether oxygens (including phenoxy) is 1. The normalized spacial score (nSPS) is 14.3. The van der Waals surface area contributed by atoms with Gasteiger partial charge in [0.05, 0.1) is 16.5 Å². The molecule has 0 atom stereocenters. The number of carbonyl (C=O) groups is 1. The highest BCUT2D eigenvalue weighted by Crippen LogP contribution is 2.32. The monoisotopic (exact) mass is 478 g/mol. The van der Waals surface area contributed by atoms with Gasteiger partial charge in [-0.3, -0.25) is 19.8 Å². The Kier molecular flexibility index (Phi) is 8.11. The molecule has 4 rings (SSSR count). The number of fused-ring (bicyclic) bond motifs is 1. The molecular formula is C22H27ClN4O4S. The summed E-state index contributed by atoms with van der Waals surface area (Å²) in [6.07, 6.45) is 2.98. The molecule has 0 saturated carbocycles. The smallest absolute Gasteiger partial charge is 0.326 e. The van der Waals surface area contributed by atoms with E-state index in [2.05, 4.69) is 22.1 Å². The summed E-state index contributed by atoms with van der Waals surface area (Å²) in [5.74, 6) is -0.222. The van der Waals surface area contributed by atoms with Gasteiger partial charge in [-0.1, -0.05) is 18.2 Å². The Hall–Kier alpha value is -2.62. The van der Waals surface area contributed by atoms with Crippen molar-refractivity contribution in [3.63, 3.8) is 0 Å². The summed E-state index contributed by atoms with van der Waals surface area (Å²) >= 11 is 1.24. The van der Waals surface area contributed by atoms with E-state index < -0.39 is 0 Å². The molecule has 8 nitrogen and oxygen atoms in total. The summed E-state index contributed by atoms with van der Waals surface area (Å²) in [6.45, 7) is 6.93. The van der Waals surface area contributed by atoms with Gasteiger partial charge < -0.3 is 14.2 Å². The van der Waals surface area contributed by atoms with E-state index >= 15 is 0 Å². The first-order chi connectivity index (χ1) is 15.0. The third-order valence-corrected chi connectivity index (χ3v) is 6.71. The number of benzene rings is 1. The molecule has 0 amide bonds. The minimum atomic E-state index is -0.331. The van der Waals surface area contributed by atoms with Crippen LogP contribution in [0.2, 0.25) is 0 Å². The molecule has 1 saturated heterocycles. The van der Waals surface area contributed by atoms with Gasteiger partial charge in [0.2, 0.25) is 0 Å². The second-order valence-electron chi connectivity index (χ2n) is 7.55. The van der Waals surface area contributed by atoms with Crippen LogP contribution in [-0.4, -0.2) is 59.7 Å². The predicted molar refractivity (Wildman–Crippen MR) is 129 cm³/mol. The van der Waals surface area contributed by atoms with E-state index in [1.807, 2.05) is 35.8 Å². The third-order valence-electron chi connectivity index (χ3n) is 5.61. The number of para-hydroxylation sites is 1. The highest BCUT2D eigenvalue weighted by atomic mass is 35.5. The van der Waals surface area contributed by atoms with E-state index in [4.69, 9.17) is 4.74 Å². The van der Waals surface area contributed by atoms with E-state index in [0.717, 1.165) is 49.7 Å². The zero-order valence-electron chi connectivity index (χ0n) is 17.9. The Bertz CT molecular complexity index is 1080. The molecule has 0 aliphatic carbocycles. The average Bonchev–Trinajstić information content (AvgIpc) is 3.39. The van der Waals surface area contributed by atoms with Crippen molar-refractivity contribution in [2.45, 2.75) is 19.9 Å². The number of halogens is 1.